The van der Waals surface area contributed by atoms with Crippen molar-refractivity contribution in [2.24, 2.45) is 5.73 Å². The first-order valence-electron chi connectivity index (χ1n) is 6.26. The number of aromatic carboxylic acids is 1. The maximum absolute atomic E-state index is 11.0. The summed E-state index contributed by atoms with van der Waals surface area (Å²) >= 11 is 0. The molecule has 0 aliphatic carbocycles. The fourth-order valence-corrected chi connectivity index (χ4v) is 1.87. The third kappa shape index (κ3) is 3.56. The Kier molecular flexibility index (Phi) is 4.18. The Morgan fingerprint density at radius 1 is 1.14 bits per heavy atom. The molecule has 0 spiro atoms. The first kappa shape index (κ1) is 14.5. The van der Waals surface area contributed by atoms with Gasteiger partial charge in [0.15, 0.2) is 0 Å². The minimum Gasteiger partial charge on any atom is -0.478 e. The topological polar surface area (TPSA) is 96.5 Å². The summed E-state index contributed by atoms with van der Waals surface area (Å²) in [7, 11) is 1.86. The van der Waals surface area contributed by atoms with Gasteiger partial charge in [0.05, 0.1) is 11.1 Å². The summed E-state index contributed by atoms with van der Waals surface area (Å²) in [5.74, 6) is -0.762. The first-order valence-corrected chi connectivity index (χ1v) is 6.26. The molecule has 1 aromatic heterocycles. The number of carboxylic acids is 1. The zero-order valence-electron chi connectivity index (χ0n) is 11.5. The van der Waals surface area contributed by atoms with Crippen LogP contribution in [0.5, 0.6) is 0 Å². The number of nitrogens with two attached hydrogens (primary N) is 1. The molecule has 0 saturated carbocycles. The van der Waals surface area contributed by atoms with Crippen molar-refractivity contribution in [2.45, 2.75) is 6.54 Å². The van der Waals surface area contributed by atoms with Gasteiger partial charge in [-0.25, -0.2) is 9.78 Å². The Labute approximate surface area is 121 Å². The lowest BCUT2D eigenvalue weighted by Crippen LogP contribution is -2.18. The quantitative estimate of drug-likeness (QED) is 0.868. The van der Waals surface area contributed by atoms with E-state index in [0.29, 0.717) is 17.9 Å². The Bertz CT molecular complexity index is 651. The van der Waals surface area contributed by atoms with Crippen LogP contribution in [0.25, 0.3) is 0 Å². The van der Waals surface area contributed by atoms with Crippen LogP contribution in [-0.4, -0.2) is 29.0 Å². The number of amides is 1. The van der Waals surface area contributed by atoms with Crippen LogP contribution in [0, 0.1) is 0 Å². The fourth-order valence-electron chi connectivity index (χ4n) is 1.87. The number of nitrogens with zero attached hydrogens (tertiary/aromatic N) is 2. The van der Waals surface area contributed by atoms with Gasteiger partial charge in [-0.1, -0.05) is 12.1 Å². The molecule has 0 saturated heterocycles. The number of carbonyl (C=O) groups is 2. The second kappa shape index (κ2) is 6.04. The molecule has 21 heavy (non-hydrogen) atoms. The molecule has 0 fully saturated rings. The molecule has 1 heterocycles. The van der Waals surface area contributed by atoms with Gasteiger partial charge in [0.25, 0.3) is 0 Å². The average molecular weight is 285 g/mol. The van der Waals surface area contributed by atoms with Crippen LogP contribution in [-0.2, 0) is 6.54 Å². The number of benzene rings is 1. The zero-order valence-corrected chi connectivity index (χ0v) is 11.5. The van der Waals surface area contributed by atoms with Gasteiger partial charge in [0.1, 0.15) is 5.82 Å². The third-order valence-electron chi connectivity index (χ3n) is 3.04. The first-order chi connectivity index (χ1) is 9.97. The van der Waals surface area contributed by atoms with Gasteiger partial charge in [0, 0.05) is 19.8 Å². The molecule has 6 heteroatoms. The maximum atomic E-state index is 11.0. The lowest BCUT2D eigenvalue weighted by Gasteiger charge is -2.18. The van der Waals surface area contributed by atoms with Crippen LogP contribution in [0.1, 0.15) is 26.3 Å². The summed E-state index contributed by atoms with van der Waals surface area (Å²) in [6.45, 7) is 0.572. The second-order valence-electron chi connectivity index (χ2n) is 4.63. The number of carbonyl (C=O) groups excluding carboxylic acids is 1. The molecule has 1 aromatic carbocycles. The number of hydrogen-bond acceptors (Lipinski definition) is 4. The molecule has 0 unspecified atom stereocenters. The molecule has 2 aromatic rings. The normalized spacial score (nSPS) is 10.1. The molecule has 6 nitrogen and oxygen atoms in total. The van der Waals surface area contributed by atoms with Crippen LogP contribution in [0.15, 0.2) is 42.6 Å². The molecule has 108 valence electrons. The number of anilines is 1. The molecular formula is C15H15N3O3. The minimum atomic E-state index is -0.946. The van der Waals surface area contributed by atoms with E-state index in [9.17, 15) is 9.59 Å². The number of primary amides is 1. The van der Waals surface area contributed by atoms with Gasteiger partial charge >= 0.3 is 5.97 Å². The van der Waals surface area contributed by atoms with Gasteiger partial charge < -0.3 is 15.7 Å². The average Bonchev–Trinajstić information content (AvgIpc) is 2.47. The molecule has 0 atom stereocenters. The van der Waals surface area contributed by atoms with Gasteiger partial charge in [0.2, 0.25) is 5.91 Å². The minimum absolute atomic E-state index is 0.255. The molecule has 0 aliphatic heterocycles. The van der Waals surface area contributed by atoms with E-state index >= 15 is 0 Å². The van der Waals surface area contributed by atoms with Crippen LogP contribution in [0.2, 0.25) is 0 Å². The predicted molar refractivity (Wildman–Crippen MR) is 78.3 cm³/mol. The Morgan fingerprint density at radius 3 is 2.24 bits per heavy atom. The van der Waals surface area contributed by atoms with Crippen molar-refractivity contribution in [2.75, 3.05) is 11.9 Å². The smallest absolute Gasteiger partial charge is 0.335 e. The van der Waals surface area contributed by atoms with Crippen molar-refractivity contribution in [3.63, 3.8) is 0 Å². The maximum Gasteiger partial charge on any atom is 0.335 e. The fraction of sp³-hybridized carbons (Fsp3) is 0.133. The highest BCUT2D eigenvalue weighted by atomic mass is 16.4. The van der Waals surface area contributed by atoms with Gasteiger partial charge in [-0.2, -0.15) is 0 Å². The molecule has 1 amide bonds. The molecule has 0 bridgehead atoms. The van der Waals surface area contributed by atoms with E-state index in [4.69, 9.17) is 10.8 Å². The van der Waals surface area contributed by atoms with Gasteiger partial charge in [-0.15, -0.1) is 0 Å². The number of pyridine rings is 1. The predicted octanol–water partition coefficient (Wildman–Crippen LogP) is 1.52. The van der Waals surface area contributed by atoms with Crippen molar-refractivity contribution in [1.82, 2.24) is 4.98 Å². The standard InChI is InChI=1S/C15H15N3O3/c1-18(13-7-6-12(8-17-13)14(16)19)9-10-2-4-11(5-3-10)15(20)21/h2-8H,9H2,1H3,(H2,16,19)(H,20,21). The Hall–Kier alpha value is -2.89. The highest BCUT2D eigenvalue weighted by molar-refractivity contribution is 5.92. The second-order valence-corrected chi connectivity index (χ2v) is 4.63. The van der Waals surface area contributed by atoms with E-state index in [0.717, 1.165) is 5.56 Å². The van der Waals surface area contributed by atoms with Crippen molar-refractivity contribution in [3.8, 4) is 0 Å². The molecule has 2 rings (SSSR count). The van der Waals surface area contributed by atoms with Crippen LogP contribution in [0.3, 0.4) is 0 Å². The number of carboxylic acid groups (broad SMARTS) is 1. The summed E-state index contributed by atoms with van der Waals surface area (Å²) in [4.78, 5) is 27.8. The van der Waals surface area contributed by atoms with Gasteiger partial charge in [-0.05, 0) is 29.8 Å². The Morgan fingerprint density at radius 2 is 1.76 bits per heavy atom. The number of aromatic nitrogens is 1. The third-order valence-corrected chi connectivity index (χ3v) is 3.04. The van der Waals surface area contributed by atoms with E-state index < -0.39 is 11.9 Å². The van der Waals surface area contributed by atoms with Crippen molar-refractivity contribution in [1.29, 1.82) is 0 Å². The lowest BCUT2D eigenvalue weighted by molar-refractivity contribution is 0.0696. The molecule has 0 radical (unpaired) electrons. The summed E-state index contributed by atoms with van der Waals surface area (Å²) < 4.78 is 0. The van der Waals surface area contributed by atoms with Crippen LogP contribution in [0.4, 0.5) is 5.82 Å². The largest absolute Gasteiger partial charge is 0.478 e. The molecule has 0 aliphatic rings. The van der Waals surface area contributed by atoms with Gasteiger partial charge in [-0.3, -0.25) is 4.79 Å². The summed E-state index contributed by atoms with van der Waals surface area (Å²) in [6, 6.07) is 9.99. The van der Waals surface area contributed by atoms with E-state index in [1.54, 1.807) is 36.4 Å². The summed E-state index contributed by atoms with van der Waals surface area (Å²) in [5.41, 5.74) is 6.74. The molecule has 3 N–H and O–H groups in total. The lowest BCUT2D eigenvalue weighted by atomic mass is 10.1. The van der Waals surface area contributed by atoms with Crippen molar-refractivity contribution >= 4 is 17.7 Å². The van der Waals surface area contributed by atoms with E-state index in [1.807, 2.05) is 11.9 Å². The molecular weight excluding hydrogens is 270 g/mol. The van der Waals surface area contributed by atoms with Crippen LogP contribution >= 0.6 is 0 Å². The highest BCUT2D eigenvalue weighted by Gasteiger charge is 2.07. The summed E-state index contributed by atoms with van der Waals surface area (Å²) in [6.07, 6.45) is 1.43. The van der Waals surface area contributed by atoms with E-state index in [-0.39, 0.29) is 5.56 Å². The number of hydrogen-bond donors (Lipinski definition) is 2. The zero-order chi connectivity index (χ0) is 15.4. The Balaban J connectivity index is 2.08. The van der Waals surface area contributed by atoms with Crippen molar-refractivity contribution in [3.05, 3.63) is 59.3 Å². The van der Waals surface area contributed by atoms with E-state index in [2.05, 4.69) is 4.98 Å². The monoisotopic (exact) mass is 285 g/mol. The van der Waals surface area contributed by atoms with Crippen LogP contribution < -0.4 is 10.6 Å². The van der Waals surface area contributed by atoms with E-state index in [1.165, 1.54) is 6.20 Å². The summed E-state index contributed by atoms with van der Waals surface area (Å²) in [5, 5.41) is 8.85. The van der Waals surface area contributed by atoms with Crippen molar-refractivity contribution < 1.29 is 14.7 Å². The highest BCUT2D eigenvalue weighted by Crippen LogP contribution is 2.14. The SMILES string of the molecule is CN(Cc1ccc(C(=O)O)cc1)c1ccc(C(N)=O)cn1. The number of rotatable bonds is 5.